The number of carbonyl (C=O) groups excluding carboxylic acids is 2. The van der Waals surface area contributed by atoms with Gasteiger partial charge in [0.15, 0.2) is 12.7 Å². The molecule has 2 aromatic rings. The van der Waals surface area contributed by atoms with Crippen LogP contribution in [0.2, 0.25) is 0 Å². The van der Waals surface area contributed by atoms with Crippen molar-refractivity contribution in [1.82, 2.24) is 0 Å². The second-order valence-corrected chi connectivity index (χ2v) is 7.05. The van der Waals surface area contributed by atoms with Crippen LogP contribution >= 0.6 is 0 Å². The predicted molar refractivity (Wildman–Crippen MR) is 101 cm³/mol. The van der Waals surface area contributed by atoms with E-state index < -0.39 is 12.1 Å². The molecule has 1 atom stereocenters. The maximum atomic E-state index is 12.0. The van der Waals surface area contributed by atoms with Gasteiger partial charge in [-0.25, -0.2) is 4.79 Å². The Morgan fingerprint density at radius 3 is 2.19 bits per heavy atom. The summed E-state index contributed by atoms with van der Waals surface area (Å²) in [7, 11) is 0. The van der Waals surface area contributed by atoms with Crippen LogP contribution in [0.1, 0.15) is 33.3 Å². The summed E-state index contributed by atoms with van der Waals surface area (Å²) in [4.78, 5) is 23.9. The Hall–Kier alpha value is -2.82. The smallest absolute Gasteiger partial charge is 0.344 e. The number of esters is 1. The van der Waals surface area contributed by atoms with Gasteiger partial charge in [-0.3, -0.25) is 4.79 Å². The molecule has 0 aromatic heterocycles. The molecule has 138 valence electrons. The molecule has 0 aliphatic heterocycles. The SMILES string of the molecule is C[C@H](OC(=O)COc1ccc(C(C)(C)C)cc1)C(=O)Nc1ccccc1. The number of carbonyl (C=O) groups is 2. The quantitative estimate of drug-likeness (QED) is 0.797. The van der Waals surface area contributed by atoms with E-state index >= 15 is 0 Å². The fourth-order valence-corrected chi connectivity index (χ4v) is 2.24. The Labute approximate surface area is 154 Å². The number of para-hydroxylation sites is 1. The summed E-state index contributed by atoms with van der Waals surface area (Å²) in [6.45, 7) is 7.65. The van der Waals surface area contributed by atoms with Gasteiger partial charge in [-0.2, -0.15) is 0 Å². The van der Waals surface area contributed by atoms with Crippen molar-refractivity contribution < 1.29 is 19.1 Å². The number of anilines is 1. The molecule has 0 spiro atoms. The molecule has 2 rings (SSSR count). The summed E-state index contributed by atoms with van der Waals surface area (Å²) < 4.78 is 10.5. The number of benzene rings is 2. The minimum Gasteiger partial charge on any atom is -0.482 e. The van der Waals surface area contributed by atoms with E-state index in [1.165, 1.54) is 12.5 Å². The minimum absolute atomic E-state index is 0.0546. The van der Waals surface area contributed by atoms with Crippen LogP contribution in [0.5, 0.6) is 5.75 Å². The summed E-state index contributed by atoms with van der Waals surface area (Å²) in [6.07, 6.45) is -0.908. The molecule has 0 saturated carbocycles. The zero-order chi connectivity index (χ0) is 19.2. The highest BCUT2D eigenvalue weighted by Gasteiger charge is 2.18. The average molecular weight is 355 g/mol. The zero-order valence-corrected chi connectivity index (χ0v) is 15.6. The topological polar surface area (TPSA) is 64.6 Å². The molecule has 0 radical (unpaired) electrons. The van der Waals surface area contributed by atoms with Crippen LogP contribution in [0.4, 0.5) is 5.69 Å². The van der Waals surface area contributed by atoms with Crippen LogP contribution in [0.25, 0.3) is 0 Å². The summed E-state index contributed by atoms with van der Waals surface area (Å²) in [5.74, 6) is -0.406. The average Bonchev–Trinajstić information content (AvgIpc) is 2.60. The summed E-state index contributed by atoms with van der Waals surface area (Å²) in [6, 6.07) is 16.6. The molecule has 0 fully saturated rings. The number of amides is 1. The molecule has 1 N–H and O–H groups in total. The third-order valence-corrected chi connectivity index (χ3v) is 3.80. The summed E-state index contributed by atoms with van der Waals surface area (Å²) >= 11 is 0. The highest BCUT2D eigenvalue weighted by Crippen LogP contribution is 2.24. The normalized spacial score (nSPS) is 12.2. The highest BCUT2D eigenvalue weighted by atomic mass is 16.6. The van der Waals surface area contributed by atoms with Gasteiger partial charge in [0.1, 0.15) is 5.75 Å². The van der Waals surface area contributed by atoms with E-state index in [4.69, 9.17) is 9.47 Å². The van der Waals surface area contributed by atoms with Crippen LogP contribution in [-0.2, 0) is 19.7 Å². The lowest BCUT2D eigenvalue weighted by atomic mass is 9.87. The van der Waals surface area contributed by atoms with E-state index in [0.717, 1.165) is 0 Å². The fraction of sp³-hybridized carbons (Fsp3) is 0.333. The van der Waals surface area contributed by atoms with Crippen molar-refractivity contribution in [3.8, 4) is 5.75 Å². The van der Waals surface area contributed by atoms with Gasteiger partial charge in [0.05, 0.1) is 0 Å². The van der Waals surface area contributed by atoms with Crippen molar-refractivity contribution in [3.63, 3.8) is 0 Å². The van der Waals surface area contributed by atoms with Crippen molar-refractivity contribution in [2.45, 2.75) is 39.2 Å². The van der Waals surface area contributed by atoms with Crippen molar-refractivity contribution >= 4 is 17.6 Å². The molecule has 0 heterocycles. The Morgan fingerprint density at radius 1 is 1.00 bits per heavy atom. The molecule has 2 aromatic carbocycles. The minimum atomic E-state index is -0.908. The van der Waals surface area contributed by atoms with Gasteiger partial charge in [0.25, 0.3) is 5.91 Å². The van der Waals surface area contributed by atoms with Crippen molar-refractivity contribution in [1.29, 1.82) is 0 Å². The second kappa shape index (κ2) is 8.52. The van der Waals surface area contributed by atoms with Crippen molar-refractivity contribution in [3.05, 3.63) is 60.2 Å². The van der Waals surface area contributed by atoms with Gasteiger partial charge in [-0.05, 0) is 42.2 Å². The molecular formula is C21H25NO4. The van der Waals surface area contributed by atoms with Crippen molar-refractivity contribution in [2.24, 2.45) is 0 Å². The lowest BCUT2D eigenvalue weighted by Gasteiger charge is -2.19. The van der Waals surface area contributed by atoms with Crippen LogP contribution in [0.15, 0.2) is 54.6 Å². The number of hydrogen-bond donors (Lipinski definition) is 1. The largest absolute Gasteiger partial charge is 0.482 e. The first kappa shape index (κ1) is 19.5. The van der Waals surface area contributed by atoms with Crippen LogP contribution in [0.3, 0.4) is 0 Å². The van der Waals surface area contributed by atoms with Gasteiger partial charge in [0, 0.05) is 5.69 Å². The molecule has 0 saturated heterocycles. The Balaban J connectivity index is 1.80. The highest BCUT2D eigenvalue weighted by molar-refractivity contribution is 5.95. The Bertz CT molecular complexity index is 733. The van der Waals surface area contributed by atoms with Crippen LogP contribution in [0, 0.1) is 0 Å². The predicted octanol–water partition coefficient (Wildman–Crippen LogP) is 3.93. The van der Waals surface area contributed by atoms with E-state index in [1.807, 2.05) is 42.5 Å². The lowest BCUT2D eigenvalue weighted by Crippen LogP contribution is -2.31. The fourth-order valence-electron chi connectivity index (χ4n) is 2.24. The molecule has 0 aliphatic carbocycles. The zero-order valence-electron chi connectivity index (χ0n) is 15.6. The lowest BCUT2D eigenvalue weighted by molar-refractivity contribution is -0.155. The van der Waals surface area contributed by atoms with E-state index in [2.05, 4.69) is 26.1 Å². The van der Waals surface area contributed by atoms with Crippen LogP contribution in [-0.4, -0.2) is 24.6 Å². The third kappa shape index (κ3) is 5.92. The number of ether oxygens (including phenoxy) is 2. The first-order valence-electron chi connectivity index (χ1n) is 8.54. The second-order valence-electron chi connectivity index (χ2n) is 7.05. The maximum absolute atomic E-state index is 12.0. The van der Waals surface area contributed by atoms with Crippen molar-refractivity contribution in [2.75, 3.05) is 11.9 Å². The van der Waals surface area contributed by atoms with Gasteiger partial charge in [-0.1, -0.05) is 51.1 Å². The number of rotatable bonds is 6. The number of hydrogen-bond acceptors (Lipinski definition) is 4. The molecule has 26 heavy (non-hydrogen) atoms. The Morgan fingerprint density at radius 2 is 1.62 bits per heavy atom. The molecule has 0 bridgehead atoms. The molecule has 1 amide bonds. The summed E-state index contributed by atoms with van der Waals surface area (Å²) in [5.41, 5.74) is 1.88. The number of nitrogens with one attached hydrogen (secondary N) is 1. The molecule has 5 heteroatoms. The summed E-state index contributed by atoms with van der Waals surface area (Å²) in [5, 5.41) is 2.68. The molecule has 5 nitrogen and oxygen atoms in total. The maximum Gasteiger partial charge on any atom is 0.344 e. The van der Waals surface area contributed by atoms with E-state index in [-0.39, 0.29) is 17.9 Å². The first-order valence-corrected chi connectivity index (χ1v) is 8.54. The standard InChI is InChI=1S/C21H25NO4/c1-15(20(24)22-17-8-6-5-7-9-17)26-19(23)14-25-18-12-10-16(11-13-18)21(2,3)4/h5-13,15H,14H2,1-4H3,(H,22,24)/t15-/m0/s1. The van der Waals surface area contributed by atoms with Gasteiger partial charge in [-0.15, -0.1) is 0 Å². The van der Waals surface area contributed by atoms with Crippen LogP contribution < -0.4 is 10.1 Å². The monoisotopic (exact) mass is 355 g/mol. The molecule has 0 aliphatic rings. The Kier molecular flexibility index (Phi) is 6.39. The molecular weight excluding hydrogens is 330 g/mol. The van der Waals surface area contributed by atoms with Gasteiger partial charge < -0.3 is 14.8 Å². The van der Waals surface area contributed by atoms with E-state index in [9.17, 15) is 9.59 Å². The first-order chi connectivity index (χ1) is 12.3. The molecule has 0 unspecified atom stereocenters. The van der Waals surface area contributed by atoms with E-state index in [1.54, 1.807) is 12.1 Å². The van der Waals surface area contributed by atoms with E-state index in [0.29, 0.717) is 11.4 Å². The van der Waals surface area contributed by atoms with Gasteiger partial charge >= 0.3 is 5.97 Å². The van der Waals surface area contributed by atoms with Gasteiger partial charge in [0.2, 0.25) is 0 Å². The third-order valence-electron chi connectivity index (χ3n) is 3.80.